The van der Waals surface area contributed by atoms with Gasteiger partial charge >= 0.3 is 0 Å². The largest absolute Gasteiger partial charge is 0.304 e. The summed E-state index contributed by atoms with van der Waals surface area (Å²) in [5.41, 5.74) is 0. The highest BCUT2D eigenvalue weighted by molar-refractivity contribution is 8.19. The third-order valence-corrected chi connectivity index (χ3v) is 1.96. The quantitative estimate of drug-likeness (QED) is 0.590. The molecule has 0 saturated heterocycles. The normalized spacial score (nSPS) is 13.1. The van der Waals surface area contributed by atoms with E-state index in [-0.39, 0.29) is 4.90 Å². The molecule has 0 atom stereocenters. The zero-order valence-corrected chi connectivity index (χ0v) is 5.95. The Hall–Kier alpha value is -0.550. The van der Waals surface area contributed by atoms with Crippen molar-refractivity contribution in [3.05, 3.63) is 30.3 Å². The highest BCUT2D eigenvalue weighted by Crippen LogP contribution is 2.42. The predicted octanol–water partition coefficient (Wildman–Crippen LogP) is 2.27. The van der Waals surface area contributed by atoms with Gasteiger partial charge in [0.25, 0.3) is 0 Å². The van der Waals surface area contributed by atoms with E-state index in [0.717, 1.165) is 0 Å². The van der Waals surface area contributed by atoms with Crippen LogP contribution < -0.4 is 0 Å². The van der Waals surface area contributed by atoms with E-state index in [2.05, 4.69) is 0 Å². The summed E-state index contributed by atoms with van der Waals surface area (Å²) in [5, 5.41) is 0. The van der Waals surface area contributed by atoms with Crippen molar-refractivity contribution in [2.24, 2.45) is 0 Å². The van der Waals surface area contributed by atoms with Gasteiger partial charge in [-0.3, -0.25) is 0 Å². The van der Waals surface area contributed by atoms with Crippen molar-refractivity contribution in [2.75, 3.05) is 0 Å². The van der Waals surface area contributed by atoms with Gasteiger partial charge in [-0.15, -0.1) is 0 Å². The molecule has 0 heterocycles. The Bertz CT molecular complexity index is 204. The number of rotatable bonds is 1. The molecule has 56 valence electrons. The first-order valence-electron chi connectivity index (χ1n) is 2.66. The Kier molecular flexibility index (Phi) is 1.96. The van der Waals surface area contributed by atoms with Crippen LogP contribution in [0.25, 0.3) is 0 Å². The zero-order valence-electron chi connectivity index (χ0n) is 5.14. The smallest absolute Gasteiger partial charge is 0.112 e. The molecule has 1 aromatic carbocycles. The summed E-state index contributed by atoms with van der Waals surface area (Å²) in [6, 6.07) is 7.89. The molecule has 1 aromatic rings. The van der Waals surface area contributed by atoms with Gasteiger partial charge < -0.3 is 13.7 Å². The van der Waals surface area contributed by atoms with Crippen LogP contribution >= 0.6 is 10.9 Å². The third-order valence-electron chi connectivity index (χ3n) is 1.06. The van der Waals surface area contributed by atoms with Gasteiger partial charge in [-0.1, -0.05) is 18.2 Å². The molecule has 0 fully saturated rings. The van der Waals surface area contributed by atoms with Crippen molar-refractivity contribution < 1.29 is 13.7 Å². The van der Waals surface area contributed by atoms with Gasteiger partial charge in [0.1, 0.15) is 10.9 Å². The van der Waals surface area contributed by atoms with Crippen LogP contribution in [0.1, 0.15) is 0 Å². The molecule has 0 unspecified atom stereocenters. The number of hydrogen-bond acceptors (Lipinski definition) is 3. The lowest BCUT2D eigenvalue weighted by molar-refractivity contribution is 0.376. The molecule has 0 spiro atoms. The molecule has 0 aliphatic heterocycles. The first-order valence-corrected chi connectivity index (χ1v) is 4.17. The molecule has 0 aliphatic carbocycles. The Labute approximate surface area is 60.5 Å². The van der Waals surface area contributed by atoms with Gasteiger partial charge in [0, 0.05) is 0 Å². The monoisotopic (exact) mass is 160 g/mol. The highest BCUT2D eigenvalue weighted by Gasteiger charge is 2.13. The van der Waals surface area contributed by atoms with E-state index < -0.39 is 10.9 Å². The van der Waals surface area contributed by atoms with Gasteiger partial charge in [0.15, 0.2) is 0 Å². The van der Waals surface area contributed by atoms with Gasteiger partial charge in [-0.25, -0.2) is 0 Å². The van der Waals surface area contributed by atoms with E-state index >= 15 is 0 Å². The Morgan fingerprint density at radius 1 is 0.900 bits per heavy atom. The Morgan fingerprint density at radius 2 is 1.40 bits per heavy atom. The van der Waals surface area contributed by atoms with Gasteiger partial charge in [0.2, 0.25) is 0 Å². The molecule has 3 nitrogen and oxygen atoms in total. The first-order chi connectivity index (χ1) is 4.61. The maximum atomic E-state index is 8.68. The van der Waals surface area contributed by atoms with Gasteiger partial charge in [0.05, 0.1) is 4.90 Å². The molecular formula is C6H8O3S. The van der Waals surface area contributed by atoms with Crippen molar-refractivity contribution in [3.63, 3.8) is 0 Å². The summed E-state index contributed by atoms with van der Waals surface area (Å²) in [7, 11) is -3.50. The average molecular weight is 160 g/mol. The summed E-state index contributed by atoms with van der Waals surface area (Å²) in [4.78, 5) is 0.148. The fourth-order valence-electron chi connectivity index (χ4n) is 0.603. The molecule has 3 N–H and O–H groups in total. The summed E-state index contributed by atoms with van der Waals surface area (Å²) >= 11 is 0. The van der Waals surface area contributed by atoms with E-state index in [1.165, 1.54) is 12.1 Å². The Morgan fingerprint density at radius 3 is 1.70 bits per heavy atom. The molecule has 10 heavy (non-hydrogen) atoms. The van der Waals surface area contributed by atoms with Crippen LogP contribution in [-0.4, -0.2) is 13.7 Å². The number of benzene rings is 1. The van der Waals surface area contributed by atoms with Crippen molar-refractivity contribution in [3.8, 4) is 0 Å². The van der Waals surface area contributed by atoms with Crippen LogP contribution in [-0.2, 0) is 0 Å². The van der Waals surface area contributed by atoms with Crippen LogP contribution in [0, 0.1) is 0 Å². The molecule has 0 aliphatic rings. The summed E-state index contributed by atoms with van der Waals surface area (Å²) < 4.78 is 26.1. The van der Waals surface area contributed by atoms with Crippen LogP contribution in [0.15, 0.2) is 35.2 Å². The SMILES string of the molecule is OS(O)(O)c1ccccc1. The minimum absolute atomic E-state index is 0.148. The van der Waals surface area contributed by atoms with Crippen molar-refractivity contribution >= 4 is 10.9 Å². The maximum Gasteiger partial charge on any atom is 0.112 e. The van der Waals surface area contributed by atoms with E-state index in [0.29, 0.717) is 0 Å². The van der Waals surface area contributed by atoms with E-state index in [1.807, 2.05) is 0 Å². The summed E-state index contributed by atoms with van der Waals surface area (Å²) in [5.74, 6) is 0. The van der Waals surface area contributed by atoms with Gasteiger partial charge in [-0.2, -0.15) is 0 Å². The predicted molar refractivity (Wildman–Crippen MR) is 40.2 cm³/mol. The lowest BCUT2D eigenvalue weighted by atomic mass is 10.4. The Balaban J connectivity index is 2.97. The molecule has 0 saturated carbocycles. The van der Waals surface area contributed by atoms with Crippen LogP contribution in [0.3, 0.4) is 0 Å². The zero-order chi connectivity index (χ0) is 7.61. The van der Waals surface area contributed by atoms with E-state index in [4.69, 9.17) is 13.7 Å². The molecule has 4 heteroatoms. The third kappa shape index (κ3) is 1.71. The summed E-state index contributed by atoms with van der Waals surface area (Å²) in [6.45, 7) is 0. The second kappa shape index (κ2) is 2.59. The maximum absolute atomic E-state index is 8.68. The van der Waals surface area contributed by atoms with Gasteiger partial charge in [-0.05, 0) is 12.1 Å². The second-order valence-electron chi connectivity index (χ2n) is 1.83. The van der Waals surface area contributed by atoms with E-state index in [1.54, 1.807) is 18.2 Å². The van der Waals surface area contributed by atoms with Crippen molar-refractivity contribution in [1.29, 1.82) is 0 Å². The average Bonchev–Trinajstić information content (AvgIpc) is 1.88. The van der Waals surface area contributed by atoms with Crippen LogP contribution in [0.2, 0.25) is 0 Å². The lowest BCUT2D eigenvalue weighted by Crippen LogP contribution is -1.93. The molecular weight excluding hydrogens is 152 g/mol. The minimum atomic E-state index is -3.50. The first kappa shape index (κ1) is 7.56. The van der Waals surface area contributed by atoms with Crippen LogP contribution in [0.4, 0.5) is 0 Å². The molecule has 0 bridgehead atoms. The molecule has 1 rings (SSSR count). The minimum Gasteiger partial charge on any atom is -0.304 e. The van der Waals surface area contributed by atoms with E-state index in [9.17, 15) is 0 Å². The van der Waals surface area contributed by atoms with Crippen molar-refractivity contribution in [2.45, 2.75) is 4.90 Å². The molecule has 0 amide bonds. The molecule has 0 aromatic heterocycles. The number of hydrogen-bond donors (Lipinski definition) is 3. The molecule has 0 radical (unpaired) electrons. The lowest BCUT2D eigenvalue weighted by Gasteiger charge is -2.18. The van der Waals surface area contributed by atoms with Crippen LogP contribution in [0.5, 0.6) is 0 Å². The summed E-state index contributed by atoms with van der Waals surface area (Å²) in [6.07, 6.45) is 0. The fourth-order valence-corrected chi connectivity index (χ4v) is 1.13. The standard InChI is InChI=1S/C6H8O3S/c7-10(8,9)6-4-2-1-3-5-6/h1-5,7-9H. The second-order valence-corrected chi connectivity index (χ2v) is 3.34. The van der Waals surface area contributed by atoms with Crippen molar-refractivity contribution in [1.82, 2.24) is 0 Å². The fraction of sp³-hybridized carbons (Fsp3) is 0. The topological polar surface area (TPSA) is 60.7 Å². The highest BCUT2D eigenvalue weighted by atomic mass is 32.3.